The van der Waals surface area contributed by atoms with Crippen LogP contribution in [0.25, 0.3) is 0 Å². The molecule has 0 aliphatic carbocycles. The van der Waals surface area contributed by atoms with Crippen molar-refractivity contribution in [2.24, 2.45) is 4.36 Å². The van der Waals surface area contributed by atoms with Crippen LogP contribution in [0, 0.1) is 0 Å². The Hall–Kier alpha value is -0.680. The van der Waals surface area contributed by atoms with Crippen molar-refractivity contribution in [3.63, 3.8) is 0 Å². The molecule has 1 N–H and O–H groups in total. The van der Waals surface area contributed by atoms with Crippen molar-refractivity contribution in [3.8, 4) is 0 Å². The standard InChI is InChI=1S/C8H7BrN2OS/c1-13-10-7-3-2-5(9)4-6(7)8(12)11-13/h2-4H,1H3,(H,10,11,12). The molecule has 2 rings (SSSR count). The van der Waals surface area contributed by atoms with Gasteiger partial charge < -0.3 is 0 Å². The van der Waals surface area contributed by atoms with Gasteiger partial charge in [0.2, 0.25) is 0 Å². The van der Waals surface area contributed by atoms with E-state index in [1.807, 2.05) is 18.4 Å². The molecule has 0 bridgehead atoms. The number of nitrogens with one attached hydrogen (secondary N) is 1. The quantitative estimate of drug-likeness (QED) is 0.762. The van der Waals surface area contributed by atoms with E-state index < -0.39 is 0 Å². The molecule has 1 atom stereocenters. The first-order valence-corrected chi connectivity index (χ1v) is 6.03. The van der Waals surface area contributed by atoms with Gasteiger partial charge in [0.15, 0.2) is 0 Å². The molecule has 1 aliphatic heterocycles. The minimum absolute atomic E-state index is 0.0443. The van der Waals surface area contributed by atoms with Gasteiger partial charge in [-0.1, -0.05) is 15.9 Å². The number of hydrogen-bond acceptors (Lipinski definition) is 2. The molecule has 0 aromatic heterocycles. The first kappa shape index (κ1) is 8.90. The number of hydrogen-bond donors (Lipinski definition) is 1. The van der Waals surface area contributed by atoms with E-state index in [2.05, 4.69) is 25.0 Å². The SMILES string of the molecule is CS1=Nc2ccc(Br)cc2C(=O)N1. The van der Waals surface area contributed by atoms with Gasteiger partial charge >= 0.3 is 0 Å². The van der Waals surface area contributed by atoms with Gasteiger partial charge in [0.05, 0.1) is 11.3 Å². The highest BCUT2D eigenvalue weighted by Gasteiger charge is 2.16. The molecule has 1 amide bonds. The third-order valence-corrected chi connectivity index (χ3v) is 3.12. The molecule has 1 unspecified atom stereocenters. The van der Waals surface area contributed by atoms with Crippen molar-refractivity contribution < 1.29 is 4.79 Å². The molecule has 13 heavy (non-hydrogen) atoms. The summed E-state index contributed by atoms with van der Waals surface area (Å²) in [5.74, 6) is -0.0443. The zero-order valence-electron chi connectivity index (χ0n) is 6.87. The number of carbonyl (C=O) groups excluding carboxylic acids is 1. The lowest BCUT2D eigenvalue weighted by molar-refractivity contribution is 0.0983. The number of benzene rings is 1. The molecule has 3 nitrogen and oxygen atoms in total. The van der Waals surface area contributed by atoms with Crippen molar-refractivity contribution >= 4 is 38.4 Å². The minimum Gasteiger partial charge on any atom is -0.288 e. The molecule has 0 radical (unpaired) electrons. The lowest BCUT2D eigenvalue weighted by atomic mass is 10.2. The maximum Gasteiger partial charge on any atom is 0.264 e. The van der Waals surface area contributed by atoms with E-state index in [9.17, 15) is 4.79 Å². The molecule has 1 heterocycles. The smallest absolute Gasteiger partial charge is 0.264 e. The molecule has 1 aliphatic rings. The Morgan fingerprint density at radius 2 is 2.31 bits per heavy atom. The lowest BCUT2D eigenvalue weighted by Gasteiger charge is -2.13. The summed E-state index contributed by atoms with van der Waals surface area (Å²) in [6, 6.07) is 5.52. The fraction of sp³-hybridized carbons (Fsp3) is 0.125. The second-order valence-corrected chi connectivity index (χ2v) is 4.92. The summed E-state index contributed by atoms with van der Waals surface area (Å²) in [5, 5.41) is 0. The van der Waals surface area contributed by atoms with Crippen LogP contribution >= 0.6 is 15.9 Å². The van der Waals surface area contributed by atoms with Crippen LogP contribution in [0.15, 0.2) is 27.0 Å². The van der Waals surface area contributed by atoms with Crippen molar-refractivity contribution in [1.29, 1.82) is 0 Å². The Kier molecular flexibility index (Phi) is 2.21. The highest BCUT2D eigenvalue weighted by molar-refractivity contribution is 9.10. The highest BCUT2D eigenvalue weighted by Crippen LogP contribution is 2.26. The van der Waals surface area contributed by atoms with Crippen LogP contribution in [-0.2, 0) is 10.9 Å². The average molecular weight is 259 g/mol. The number of nitrogens with zero attached hydrogens (tertiary/aromatic N) is 1. The van der Waals surface area contributed by atoms with Crippen LogP contribution in [0.5, 0.6) is 0 Å². The van der Waals surface area contributed by atoms with Crippen LogP contribution in [0.2, 0.25) is 0 Å². The Labute approximate surface area is 86.9 Å². The molecular weight excluding hydrogens is 252 g/mol. The molecule has 0 fully saturated rings. The summed E-state index contributed by atoms with van der Waals surface area (Å²) in [6.07, 6.45) is 1.88. The molecule has 5 heteroatoms. The second-order valence-electron chi connectivity index (χ2n) is 2.66. The third kappa shape index (κ3) is 1.66. The fourth-order valence-electron chi connectivity index (χ4n) is 1.13. The maximum atomic E-state index is 11.5. The van der Waals surface area contributed by atoms with Crippen LogP contribution in [0.4, 0.5) is 5.69 Å². The predicted molar refractivity (Wildman–Crippen MR) is 57.0 cm³/mol. The second kappa shape index (κ2) is 3.23. The molecule has 0 saturated heterocycles. The minimum atomic E-state index is -0.378. The van der Waals surface area contributed by atoms with Crippen LogP contribution < -0.4 is 4.72 Å². The van der Waals surface area contributed by atoms with Crippen molar-refractivity contribution in [2.75, 3.05) is 6.26 Å². The van der Waals surface area contributed by atoms with Crippen LogP contribution in [0.3, 0.4) is 0 Å². The molecule has 1 aromatic carbocycles. The number of halogens is 1. The topological polar surface area (TPSA) is 41.5 Å². The Bertz CT molecular complexity index is 417. The number of amides is 1. The fourth-order valence-corrected chi connectivity index (χ4v) is 2.37. The van der Waals surface area contributed by atoms with E-state index in [0.717, 1.165) is 10.2 Å². The van der Waals surface area contributed by atoms with E-state index in [1.165, 1.54) is 0 Å². The predicted octanol–water partition coefficient (Wildman–Crippen LogP) is 2.17. The Balaban J connectivity index is 2.63. The molecule has 68 valence electrons. The molecule has 0 spiro atoms. The Morgan fingerprint density at radius 3 is 3.08 bits per heavy atom. The van der Waals surface area contributed by atoms with Crippen LogP contribution in [0.1, 0.15) is 10.4 Å². The summed E-state index contributed by atoms with van der Waals surface area (Å²) >= 11 is 3.31. The summed E-state index contributed by atoms with van der Waals surface area (Å²) in [6.45, 7) is 0. The Morgan fingerprint density at radius 1 is 1.54 bits per heavy atom. The molecule has 0 saturated carbocycles. The number of carbonyl (C=O) groups is 1. The largest absolute Gasteiger partial charge is 0.288 e. The summed E-state index contributed by atoms with van der Waals surface area (Å²) in [4.78, 5) is 11.5. The van der Waals surface area contributed by atoms with Gasteiger partial charge in [-0.15, -0.1) is 0 Å². The van der Waals surface area contributed by atoms with E-state index in [1.54, 1.807) is 6.07 Å². The third-order valence-electron chi connectivity index (χ3n) is 1.68. The van der Waals surface area contributed by atoms with Gasteiger partial charge in [0.25, 0.3) is 5.91 Å². The summed E-state index contributed by atoms with van der Waals surface area (Å²) in [5.41, 5.74) is 1.41. The normalized spacial score (nSPS) is 20.2. The van der Waals surface area contributed by atoms with Gasteiger partial charge in [0.1, 0.15) is 0 Å². The number of fused-ring (bicyclic) bond motifs is 1. The van der Waals surface area contributed by atoms with Gasteiger partial charge in [-0.2, -0.15) is 0 Å². The van der Waals surface area contributed by atoms with Gasteiger partial charge in [0, 0.05) is 10.7 Å². The van der Waals surface area contributed by atoms with Crippen molar-refractivity contribution in [2.45, 2.75) is 0 Å². The lowest BCUT2D eigenvalue weighted by Crippen LogP contribution is -2.27. The van der Waals surface area contributed by atoms with E-state index in [-0.39, 0.29) is 16.8 Å². The number of rotatable bonds is 0. The molecular formula is C8H7BrN2OS. The first-order valence-electron chi connectivity index (χ1n) is 3.65. The van der Waals surface area contributed by atoms with Gasteiger partial charge in [-0.25, -0.2) is 4.36 Å². The van der Waals surface area contributed by atoms with E-state index >= 15 is 0 Å². The zero-order chi connectivity index (χ0) is 9.42. The van der Waals surface area contributed by atoms with Crippen LogP contribution in [-0.4, -0.2) is 12.2 Å². The average Bonchev–Trinajstić information content (AvgIpc) is 2.06. The monoisotopic (exact) mass is 258 g/mol. The van der Waals surface area contributed by atoms with Crippen molar-refractivity contribution in [1.82, 2.24) is 4.72 Å². The van der Waals surface area contributed by atoms with E-state index in [0.29, 0.717) is 5.56 Å². The maximum absolute atomic E-state index is 11.5. The zero-order valence-corrected chi connectivity index (χ0v) is 9.28. The highest BCUT2D eigenvalue weighted by atomic mass is 79.9. The first-order chi connectivity index (χ1) is 6.16. The molecule has 1 aromatic rings. The summed E-state index contributed by atoms with van der Waals surface area (Å²) in [7, 11) is -0.378. The van der Waals surface area contributed by atoms with Crippen molar-refractivity contribution in [3.05, 3.63) is 28.2 Å². The van der Waals surface area contributed by atoms with E-state index in [4.69, 9.17) is 0 Å². The van der Waals surface area contributed by atoms with Gasteiger partial charge in [-0.3, -0.25) is 9.52 Å². The van der Waals surface area contributed by atoms with Gasteiger partial charge in [-0.05, 0) is 29.1 Å². The summed E-state index contributed by atoms with van der Waals surface area (Å²) < 4.78 is 7.97.